The fourth-order valence-corrected chi connectivity index (χ4v) is 15.5. The van der Waals surface area contributed by atoms with Crippen molar-refractivity contribution in [2.24, 2.45) is 0 Å². The van der Waals surface area contributed by atoms with Crippen LogP contribution >= 0.6 is 68.0 Å². The molecule has 0 amide bonds. The summed E-state index contributed by atoms with van der Waals surface area (Å²) < 4.78 is 9.96. The van der Waals surface area contributed by atoms with E-state index in [4.69, 9.17) is 13.1 Å². The zero-order chi connectivity index (χ0) is 34.9. The lowest BCUT2D eigenvalue weighted by atomic mass is 9.68. The summed E-state index contributed by atoms with van der Waals surface area (Å²) in [5.74, 6) is 0. The van der Waals surface area contributed by atoms with Gasteiger partial charge in [-0.15, -0.1) is 68.0 Å². The molecule has 246 valence electrons. The molecule has 1 spiro atoms. The first kappa shape index (κ1) is 32.8. The summed E-state index contributed by atoms with van der Waals surface area (Å²) in [7, 11) is 0. The van der Waals surface area contributed by atoms with E-state index in [1.165, 1.54) is 90.8 Å². The molecule has 0 aliphatic heterocycles. The molecule has 1 fully saturated rings. The van der Waals surface area contributed by atoms with Crippen LogP contribution in [0.5, 0.6) is 0 Å². The van der Waals surface area contributed by atoms with E-state index in [0.29, 0.717) is 31.5 Å². The highest BCUT2D eigenvalue weighted by Crippen LogP contribution is 2.64. The monoisotopic (exact) mass is 764 g/mol. The smallest absolute Gasteiger partial charge is 0.294 e. The maximum absolute atomic E-state index is 13.3. The largest absolute Gasteiger partial charge is 0.307 e. The summed E-state index contributed by atoms with van der Waals surface area (Å²) in [6.07, 6.45) is 9.57. The number of fused-ring (bicyclic) bond motifs is 9. The second kappa shape index (κ2) is 12.4. The maximum atomic E-state index is 13.3. The Labute approximate surface area is 309 Å². The summed E-state index contributed by atoms with van der Waals surface area (Å²) in [5, 5.41) is 18.9. The average Bonchev–Trinajstić information content (AvgIpc) is 3.97. The normalized spacial score (nSPS) is 16.7. The Morgan fingerprint density at radius 1 is 0.780 bits per heavy atom. The van der Waals surface area contributed by atoms with Crippen molar-refractivity contribution in [1.82, 2.24) is 9.13 Å². The Morgan fingerprint density at radius 3 is 1.90 bits per heavy atom. The third-order valence-electron chi connectivity index (χ3n) is 9.49. The molecule has 0 bridgehead atoms. The van der Waals surface area contributed by atoms with Crippen LogP contribution in [0.2, 0.25) is 0 Å². The van der Waals surface area contributed by atoms with Gasteiger partial charge in [0.25, 0.3) is 22.5 Å². The van der Waals surface area contributed by atoms with E-state index >= 15 is 0 Å². The van der Waals surface area contributed by atoms with Gasteiger partial charge in [-0.3, -0.25) is 9.59 Å². The van der Waals surface area contributed by atoms with Crippen LogP contribution in [0, 0.1) is 35.8 Å². The fourth-order valence-electron chi connectivity index (χ4n) is 7.34. The van der Waals surface area contributed by atoms with Crippen molar-refractivity contribution in [2.75, 3.05) is 0 Å². The van der Waals surface area contributed by atoms with E-state index in [9.17, 15) is 20.1 Å². The standard InChI is InChI=1S/C36H24N6O2S6/c1-5-41-32(43)24(48-34(41)21(16-37)39-3)14-18-12-20-27(45-18)29-26(36(20)10-8-7-9-11-36)30-31(50-29)28-23(47-30)13-19(46-28)15-25-33(44)42(6-2)35(49-25)22(17-38)40-4/h12-15H,5-11H2,1-2H3/b24-14-,25-15-,34-21+,35-22-. The average molecular weight is 765 g/mol. The lowest BCUT2D eigenvalue weighted by Crippen LogP contribution is -2.31. The van der Waals surface area contributed by atoms with E-state index in [-0.39, 0.29) is 27.9 Å². The molecule has 2 aliphatic carbocycles. The Hall–Kier alpha value is -4.38. The molecule has 0 N–H and O–H groups in total. The predicted octanol–water partition coefficient (Wildman–Crippen LogP) is 6.72. The quantitative estimate of drug-likeness (QED) is 0.186. The Bertz CT molecular complexity index is 2960. The highest BCUT2D eigenvalue weighted by molar-refractivity contribution is 7.40. The number of thiazole rings is 2. The van der Waals surface area contributed by atoms with Crippen LogP contribution in [-0.4, -0.2) is 9.13 Å². The Balaban J connectivity index is 1.29. The van der Waals surface area contributed by atoms with Gasteiger partial charge in [0, 0.05) is 43.4 Å². The highest BCUT2D eigenvalue weighted by Gasteiger charge is 2.48. The van der Waals surface area contributed by atoms with Crippen LogP contribution in [0.4, 0.5) is 0 Å². The molecule has 0 saturated heterocycles. The molecule has 50 heavy (non-hydrogen) atoms. The minimum absolute atomic E-state index is 0.0573. The first-order valence-electron chi connectivity index (χ1n) is 15.9. The first-order chi connectivity index (χ1) is 24.3. The van der Waals surface area contributed by atoms with Gasteiger partial charge in [0.1, 0.15) is 9.33 Å². The van der Waals surface area contributed by atoms with Crippen molar-refractivity contribution in [1.29, 1.82) is 10.5 Å². The summed E-state index contributed by atoms with van der Waals surface area (Å²) in [6.45, 7) is 19.3. The van der Waals surface area contributed by atoms with Gasteiger partial charge in [0.05, 0.1) is 53.3 Å². The number of hydrogen-bond acceptors (Lipinski definition) is 10. The number of nitrogens with zero attached hydrogens (tertiary/aromatic N) is 6. The van der Waals surface area contributed by atoms with Gasteiger partial charge in [-0.1, -0.05) is 19.3 Å². The minimum Gasteiger partial charge on any atom is -0.307 e. The molecule has 8 nitrogen and oxygen atoms in total. The molecule has 2 aliphatic rings. The van der Waals surface area contributed by atoms with Crippen molar-refractivity contribution in [3.63, 3.8) is 0 Å². The van der Waals surface area contributed by atoms with E-state index in [0.717, 1.165) is 22.6 Å². The third-order valence-corrected chi connectivity index (χ3v) is 16.8. The van der Waals surface area contributed by atoms with Crippen LogP contribution in [0.1, 0.15) is 66.8 Å². The van der Waals surface area contributed by atoms with Gasteiger partial charge in [-0.2, -0.15) is 0 Å². The summed E-state index contributed by atoms with van der Waals surface area (Å²) in [4.78, 5) is 37.9. The van der Waals surface area contributed by atoms with E-state index < -0.39 is 0 Å². The third kappa shape index (κ3) is 4.72. The second-order valence-corrected chi connectivity index (χ2v) is 18.3. The van der Waals surface area contributed by atoms with Gasteiger partial charge in [0.2, 0.25) is 0 Å². The first-order valence-corrected chi connectivity index (χ1v) is 20.8. The lowest BCUT2D eigenvalue weighted by molar-refractivity contribution is 0.356. The molecule has 0 atom stereocenters. The van der Waals surface area contributed by atoms with Gasteiger partial charge < -0.3 is 9.13 Å². The topological polar surface area (TPSA) is 100 Å². The minimum atomic E-state index is -0.180. The Morgan fingerprint density at radius 2 is 1.36 bits per heavy atom. The second-order valence-electron chi connectivity index (χ2n) is 12.0. The molecule has 6 aromatic rings. The van der Waals surface area contributed by atoms with Crippen LogP contribution < -0.4 is 29.5 Å². The van der Waals surface area contributed by atoms with Crippen LogP contribution in [0.15, 0.2) is 21.7 Å². The van der Waals surface area contributed by atoms with Gasteiger partial charge in [0.15, 0.2) is 0 Å². The predicted molar refractivity (Wildman–Crippen MR) is 208 cm³/mol. The summed E-state index contributed by atoms with van der Waals surface area (Å²) >= 11 is 9.50. The lowest BCUT2D eigenvalue weighted by Gasteiger charge is -2.34. The molecule has 8 rings (SSSR count). The van der Waals surface area contributed by atoms with Crippen molar-refractivity contribution in [3.8, 4) is 21.9 Å². The van der Waals surface area contributed by atoms with Gasteiger partial charge in [-0.05, 0) is 56.5 Å². The highest BCUT2D eigenvalue weighted by atomic mass is 32.1. The zero-order valence-corrected chi connectivity index (χ0v) is 31.6. The van der Waals surface area contributed by atoms with Crippen LogP contribution in [-0.2, 0) is 18.5 Å². The van der Waals surface area contributed by atoms with Crippen molar-refractivity contribution < 1.29 is 0 Å². The number of hydrogen-bond donors (Lipinski definition) is 0. The van der Waals surface area contributed by atoms with Crippen molar-refractivity contribution >= 4 is 110 Å². The molecule has 0 unspecified atom stereocenters. The zero-order valence-electron chi connectivity index (χ0n) is 26.7. The van der Waals surface area contributed by atoms with Gasteiger partial charge in [-0.25, -0.2) is 20.2 Å². The summed E-state index contributed by atoms with van der Waals surface area (Å²) in [5.41, 5.74) is 2.31. The van der Waals surface area contributed by atoms with Crippen LogP contribution in [0.3, 0.4) is 0 Å². The van der Waals surface area contributed by atoms with Crippen molar-refractivity contribution in [3.05, 3.63) is 94.9 Å². The molecular weight excluding hydrogens is 741 g/mol. The maximum Gasteiger partial charge on any atom is 0.294 e. The molecule has 6 heterocycles. The van der Waals surface area contributed by atoms with E-state index in [1.54, 1.807) is 22.7 Å². The number of rotatable bonds is 4. The van der Waals surface area contributed by atoms with Gasteiger partial charge >= 0.3 is 0 Å². The molecule has 14 heteroatoms. The molecule has 6 aromatic heterocycles. The fraction of sp³-hybridized carbons (Fsp3) is 0.278. The number of nitriles is 2. The molecular formula is C36H24N6O2S6. The molecule has 1 saturated carbocycles. The Kier molecular flexibility index (Phi) is 8.16. The molecule has 0 radical (unpaired) electrons. The van der Waals surface area contributed by atoms with Crippen molar-refractivity contribution in [2.45, 2.75) is 64.5 Å². The molecule has 0 aromatic carbocycles. The summed E-state index contributed by atoms with van der Waals surface area (Å²) in [6, 6.07) is 8.33. The number of aromatic nitrogens is 2. The number of thiophene rings is 4. The van der Waals surface area contributed by atoms with Crippen LogP contribution in [0.25, 0.3) is 61.8 Å². The van der Waals surface area contributed by atoms with E-state index in [2.05, 4.69) is 21.8 Å². The SMILES string of the molecule is [C-]#[N+]/C(C#N)=c1\s/c(=C\c2cc3sc4c5c(sc4c3s2)-c2sc(/C=c3\s/c(=C(\C#N)[N+]#[C-])n(CC)c3=O)cc2C52CCCCC2)c(=O)n1CC. The van der Waals surface area contributed by atoms with E-state index in [1.807, 2.05) is 60.8 Å².